The number of hydrogen-bond donors (Lipinski definition) is 1. The molecular weight excluding hydrogens is 1120 g/mol. The van der Waals surface area contributed by atoms with Crippen LogP contribution in [0.2, 0.25) is 0 Å². The van der Waals surface area contributed by atoms with Crippen molar-refractivity contribution >= 4 is 19.7 Å². The maximum Gasteiger partial charge on any atom is 0.306 e. The number of phosphoric acid groups is 1. The molecule has 524 valence electrons. The highest BCUT2D eigenvalue weighted by Crippen LogP contribution is 2.38. The third-order valence-electron chi connectivity index (χ3n) is 17.7. The molecule has 1 amide bonds. The van der Waals surface area contributed by atoms with Gasteiger partial charge in [0.25, 0.3) is 7.82 Å². The van der Waals surface area contributed by atoms with Crippen molar-refractivity contribution in [2.24, 2.45) is 0 Å². The van der Waals surface area contributed by atoms with Crippen molar-refractivity contribution < 1.29 is 37.3 Å². The molecular formula is C79H151N2O7P. The Kier molecular flexibility index (Phi) is 67.2. The number of amides is 1. The molecule has 3 unspecified atom stereocenters. The minimum absolute atomic E-state index is 0.0199. The molecule has 0 aromatic carbocycles. The number of allylic oxidation sites excluding steroid dienone is 7. The van der Waals surface area contributed by atoms with Crippen molar-refractivity contribution in [3.63, 3.8) is 0 Å². The highest BCUT2D eigenvalue weighted by Gasteiger charge is 2.27. The first-order valence-electron chi connectivity index (χ1n) is 38.9. The molecule has 3 atom stereocenters. The molecule has 0 saturated carbocycles. The number of nitrogens with zero attached hydrogens (tertiary/aromatic N) is 1. The number of esters is 1. The van der Waals surface area contributed by atoms with Gasteiger partial charge in [0.05, 0.1) is 33.8 Å². The number of rotatable bonds is 72. The second-order valence-electron chi connectivity index (χ2n) is 27.9. The van der Waals surface area contributed by atoms with Crippen molar-refractivity contribution in [2.45, 2.75) is 405 Å². The molecule has 0 spiro atoms. The van der Waals surface area contributed by atoms with E-state index in [0.717, 1.165) is 64.2 Å². The van der Waals surface area contributed by atoms with Gasteiger partial charge in [0.1, 0.15) is 19.3 Å². The molecule has 89 heavy (non-hydrogen) atoms. The Bertz CT molecular complexity index is 1660. The number of phosphoric ester groups is 1. The smallest absolute Gasteiger partial charge is 0.306 e. The zero-order valence-corrected chi connectivity index (χ0v) is 61.1. The number of unbranched alkanes of at least 4 members (excludes halogenated alkanes) is 50. The van der Waals surface area contributed by atoms with Gasteiger partial charge in [-0.15, -0.1) is 0 Å². The van der Waals surface area contributed by atoms with E-state index in [9.17, 15) is 19.0 Å². The average Bonchev–Trinajstić information content (AvgIpc) is 3.63. The fraction of sp³-hybridized carbons (Fsp3) is 0.873. The van der Waals surface area contributed by atoms with E-state index in [1.807, 2.05) is 33.3 Å². The lowest BCUT2D eigenvalue weighted by Gasteiger charge is -2.30. The summed E-state index contributed by atoms with van der Waals surface area (Å²) >= 11 is 0. The number of carbonyl (C=O) groups excluding carboxylic acids is 2. The van der Waals surface area contributed by atoms with Crippen LogP contribution < -0.4 is 10.2 Å². The molecule has 0 rings (SSSR count). The van der Waals surface area contributed by atoms with E-state index in [1.54, 1.807) is 0 Å². The third kappa shape index (κ3) is 70.1. The number of nitrogens with one attached hydrogen (secondary N) is 1. The maximum absolute atomic E-state index is 13.6. The van der Waals surface area contributed by atoms with Crippen LogP contribution in [0.1, 0.15) is 393 Å². The van der Waals surface area contributed by atoms with Gasteiger partial charge in [-0.2, -0.15) is 0 Å². The fourth-order valence-corrected chi connectivity index (χ4v) is 12.5. The zero-order valence-electron chi connectivity index (χ0n) is 60.2. The van der Waals surface area contributed by atoms with Gasteiger partial charge in [0, 0.05) is 12.8 Å². The fourth-order valence-electron chi connectivity index (χ4n) is 11.7. The Hall–Kier alpha value is -2.03. The van der Waals surface area contributed by atoms with E-state index in [2.05, 4.69) is 62.5 Å². The lowest BCUT2D eigenvalue weighted by molar-refractivity contribution is -0.870. The second-order valence-corrected chi connectivity index (χ2v) is 29.3. The largest absolute Gasteiger partial charge is 0.756 e. The topological polar surface area (TPSA) is 114 Å². The molecule has 0 radical (unpaired) electrons. The lowest BCUT2D eigenvalue weighted by Crippen LogP contribution is -2.47. The molecule has 0 heterocycles. The van der Waals surface area contributed by atoms with Gasteiger partial charge in [-0.05, 0) is 89.5 Å². The van der Waals surface area contributed by atoms with Crippen LogP contribution in [0.25, 0.3) is 0 Å². The van der Waals surface area contributed by atoms with Crippen molar-refractivity contribution in [3.8, 4) is 0 Å². The van der Waals surface area contributed by atoms with Gasteiger partial charge in [-0.3, -0.25) is 14.2 Å². The van der Waals surface area contributed by atoms with Gasteiger partial charge in [-0.1, -0.05) is 339 Å². The number of carbonyl (C=O) groups is 2. The van der Waals surface area contributed by atoms with Gasteiger partial charge < -0.3 is 28.5 Å². The normalized spacial score (nSPS) is 13.7. The summed E-state index contributed by atoms with van der Waals surface area (Å²) in [5, 5.41) is 3.06. The molecule has 1 N–H and O–H groups in total. The summed E-state index contributed by atoms with van der Waals surface area (Å²) in [6.45, 7) is 6.89. The molecule has 0 aliphatic rings. The van der Waals surface area contributed by atoms with Crippen LogP contribution in [0.3, 0.4) is 0 Å². The Morgan fingerprint density at radius 3 is 1.04 bits per heavy atom. The summed E-state index contributed by atoms with van der Waals surface area (Å²) in [5.74, 6) is -0.519. The molecule has 9 nitrogen and oxygen atoms in total. The highest BCUT2D eigenvalue weighted by molar-refractivity contribution is 7.45. The predicted molar refractivity (Wildman–Crippen MR) is 386 cm³/mol. The molecule has 0 bridgehead atoms. The average molecular weight is 1270 g/mol. The van der Waals surface area contributed by atoms with Gasteiger partial charge >= 0.3 is 5.97 Å². The van der Waals surface area contributed by atoms with Gasteiger partial charge in [-0.25, -0.2) is 0 Å². The predicted octanol–water partition coefficient (Wildman–Crippen LogP) is 24.5. The van der Waals surface area contributed by atoms with Crippen LogP contribution in [0.15, 0.2) is 48.6 Å². The first-order chi connectivity index (χ1) is 43.4. The first kappa shape index (κ1) is 87.0. The quantitative estimate of drug-likeness (QED) is 0.0212. The summed E-state index contributed by atoms with van der Waals surface area (Å²) in [6, 6.07) is -0.887. The minimum atomic E-state index is -4.71. The van der Waals surface area contributed by atoms with Crippen molar-refractivity contribution in [1.82, 2.24) is 5.32 Å². The first-order valence-corrected chi connectivity index (χ1v) is 40.4. The molecule has 0 aromatic heterocycles. The second kappa shape index (κ2) is 68.8. The van der Waals surface area contributed by atoms with Crippen molar-refractivity contribution in [3.05, 3.63) is 48.6 Å². The minimum Gasteiger partial charge on any atom is -0.756 e. The van der Waals surface area contributed by atoms with E-state index in [0.29, 0.717) is 17.4 Å². The third-order valence-corrected chi connectivity index (χ3v) is 18.7. The number of likely N-dealkylation sites (N-methyl/N-ethyl adjacent to an activating group) is 1. The van der Waals surface area contributed by atoms with Crippen LogP contribution >= 0.6 is 7.82 Å². The van der Waals surface area contributed by atoms with Gasteiger partial charge in [0.15, 0.2) is 0 Å². The summed E-state index contributed by atoms with van der Waals surface area (Å²) in [4.78, 5) is 40.3. The standard InChI is InChI=1S/C79H151N2O7P/c1-7-10-13-16-19-22-25-28-30-32-34-36-38-39-40-41-43-45-47-49-51-54-57-60-63-66-69-72-79(83)88-77(70-67-64-61-58-55-52-27-24-21-18-15-12-9-3)76(75-87-89(84,85)86-74-73-81(4,5)6)80-78(82)71-68-65-62-59-56-53-50-48-46-44-42-37-35-33-31-29-26-23-20-17-14-11-8-2/h19,22,28-31,67,70,76-77H,7-18,20-21,23-27,32-66,68-69,71-75H2,1-6H3,(H-,80,82,84,85)/b22-19-,30-28-,31-29+,70-67+. The Morgan fingerprint density at radius 2 is 0.685 bits per heavy atom. The summed E-state index contributed by atoms with van der Waals surface area (Å²) < 4.78 is 30.6. The summed E-state index contributed by atoms with van der Waals surface area (Å²) in [6.07, 6.45) is 88.2. The monoisotopic (exact) mass is 1270 g/mol. The van der Waals surface area contributed by atoms with Crippen LogP contribution in [0, 0.1) is 0 Å². The molecule has 0 aliphatic carbocycles. The van der Waals surface area contributed by atoms with Crippen molar-refractivity contribution in [2.75, 3.05) is 40.9 Å². The van der Waals surface area contributed by atoms with Crippen LogP contribution in [0.4, 0.5) is 0 Å². The zero-order chi connectivity index (χ0) is 64.9. The van der Waals surface area contributed by atoms with Crippen LogP contribution in [0.5, 0.6) is 0 Å². The molecule has 0 saturated heterocycles. The van der Waals surface area contributed by atoms with Crippen LogP contribution in [-0.4, -0.2) is 69.4 Å². The molecule has 0 aromatic rings. The number of hydrogen-bond acceptors (Lipinski definition) is 7. The Labute approximate surface area is 554 Å². The van der Waals surface area contributed by atoms with E-state index < -0.39 is 20.0 Å². The number of ether oxygens (including phenoxy) is 1. The van der Waals surface area contributed by atoms with Crippen molar-refractivity contribution in [1.29, 1.82) is 0 Å². The molecule has 10 heteroatoms. The van der Waals surface area contributed by atoms with E-state index in [-0.39, 0.29) is 31.5 Å². The SMILES string of the molecule is CCCCC/C=C\C/C=C\CCCCCCCCCCCCCCCCCCCC(=O)OC(/C=C/CCCCCCCCCCCCC)C(COP(=O)([O-])OCC[N+](C)(C)C)NC(=O)CCCCCCCCCCCCCCC/C=C/CCCCCCCC. The van der Waals surface area contributed by atoms with E-state index in [4.69, 9.17) is 13.8 Å². The molecule has 0 aliphatic heterocycles. The summed E-state index contributed by atoms with van der Waals surface area (Å²) in [5.41, 5.74) is 0. The van der Waals surface area contributed by atoms with Crippen LogP contribution in [-0.2, 0) is 27.9 Å². The van der Waals surface area contributed by atoms with E-state index in [1.165, 1.54) is 295 Å². The lowest BCUT2D eigenvalue weighted by atomic mass is 10.0. The number of quaternary nitrogens is 1. The maximum atomic E-state index is 13.6. The highest BCUT2D eigenvalue weighted by atomic mass is 31.2. The Morgan fingerprint density at radius 1 is 0.393 bits per heavy atom. The van der Waals surface area contributed by atoms with Gasteiger partial charge in [0.2, 0.25) is 5.91 Å². The molecule has 0 fully saturated rings. The Balaban J connectivity index is 4.96. The summed E-state index contributed by atoms with van der Waals surface area (Å²) in [7, 11) is 1.20. The van der Waals surface area contributed by atoms with E-state index >= 15 is 0 Å².